The molecule has 2 aromatic heterocycles. The summed E-state index contributed by atoms with van der Waals surface area (Å²) in [6.45, 7) is 1.63. The van der Waals surface area contributed by atoms with Crippen molar-refractivity contribution in [2.45, 2.75) is 13.0 Å². The van der Waals surface area contributed by atoms with Crippen LogP contribution in [-0.4, -0.2) is 21.2 Å². The van der Waals surface area contributed by atoms with Crippen LogP contribution < -0.4 is 5.56 Å². The fourth-order valence-corrected chi connectivity index (χ4v) is 2.74. The number of aromatic amines is 1. The predicted molar refractivity (Wildman–Crippen MR) is 98.1 cm³/mol. The first kappa shape index (κ1) is 16.7. The van der Waals surface area contributed by atoms with Gasteiger partial charge in [-0.3, -0.25) is 4.79 Å². The highest BCUT2D eigenvalue weighted by molar-refractivity contribution is 6.03. The van der Waals surface area contributed by atoms with Crippen molar-refractivity contribution < 1.29 is 13.9 Å². The number of H-pyrrole nitrogens is 1. The van der Waals surface area contributed by atoms with E-state index in [2.05, 4.69) is 15.2 Å². The Morgan fingerprint density at radius 1 is 1.07 bits per heavy atom. The number of hydrogen-bond donors (Lipinski definition) is 1. The molecule has 0 aliphatic heterocycles. The zero-order valence-electron chi connectivity index (χ0n) is 14.4. The lowest BCUT2D eigenvalue weighted by Gasteiger charge is -2.10. The van der Waals surface area contributed by atoms with E-state index in [-0.39, 0.29) is 17.0 Å². The molecule has 1 atom stereocenters. The number of pyridine rings is 1. The fourth-order valence-electron chi connectivity index (χ4n) is 2.74. The molecule has 0 fully saturated rings. The summed E-state index contributed by atoms with van der Waals surface area (Å²) >= 11 is 0. The fraction of sp³-hybridized carbons (Fsp3) is 0.100. The standard InChI is InChI=1S/C20H15N3O4/c1-12(18-22-23-19(27-18)13-7-3-2-4-8-13)26-20(25)15-11-17(24)21-16-10-6-5-9-14(15)16/h2-12H,1H3,(H,21,24). The van der Waals surface area contributed by atoms with E-state index < -0.39 is 12.1 Å². The number of rotatable bonds is 4. The van der Waals surface area contributed by atoms with Gasteiger partial charge in [-0.2, -0.15) is 0 Å². The van der Waals surface area contributed by atoms with Crippen LogP contribution in [0.5, 0.6) is 0 Å². The van der Waals surface area contributed by atoms with Crippen molar-refractivity contribution in [3.05, 3.63) is 82.5 Å². The van der Waals surface area contributed by atoms with E-state index in [1.807, 2.05) is 30.3 Å². The number of nitrogens with one attached hydrogen (secondary N) is 1. The molecule has 27 heavy (non-hydrogen) atoms. The zero-order chi connectivity index (χ0) is 18.8. The van der Waals surface area contributed by atoms with Gasteiger partial charge in [0, 0.05) is 22.5 Å². The zero-order valence-corrected chi connectivity index (χ0v) is 14.4. The van der Waals surface area contributed by atoms with Crippen LogP contribution >= 0.6 is 0 Å². The van der Waals surface area contributed by atoms with Gasteiger partial charge in [-0.15, -0.1) is 10.2 Å². The van der Waals surface area contributed by atoms with E-state index >= 15 is 0 Å². The molecule has 134 valence electrons. The van der Waals surface area contributed by atoms with Crippen LogP contribution in [0.4, 0.5) is 0 Å². The Bertz CT molecular complexity index is 1160. The van der Waals surface area contributed by atoms with Crippen LogP contribution in [0, 0.1) is 0 Å². The molecule has 4 rings (SSSR count). The molecule has 0 amide bonds. The van der Waals surface area contributed by atoms with Crippen LogP contribution in [0.25, 0.3) is 22.4 Å². The van der Waals surface area contributed by atoms with Crippen molar-refractivity contribution in [3.8, 4) is 11.5 Å². The van der Waals surface area contributed by atoms with Gasteiger partial charge in [-0.1, -0.05) is 36.4 Å². The number of fused-ring (bicyclic) bond motifs is 1. The molecule has 2 heterocycles. The Labute approximate surface area is 153 Å². The monoisotopic (exact) mass is 361 g/mol. The van der Waals surface area contributed by atoms with Gasteiger partial charge in [0.05, 0.1) is 5.56 Å². The summed E-state index contributed by atoms with van der Waals surface area (Å²) in [4.78, 5) is 27.1. The van der Waals surface area contributed by atoms with Crippen molar-refractivity contribution in [1.29, 1.82) is 0 Å². The van der Waals surface area contributed by atoms with Crippen LogP contribution in [0.2, 0.25) is 0 Å². The van der Waals surface area contributed by atoms with Crippen molar-refractivity contribution in [2.24, 2.45) is 0 Å². The van der Waals surface area contributed by atoms with E-state index in [9.17, 15) is 9.59 Å². The van der Waals surface area contributed by atoms with Gasteiger partial charge in [0.25, 0.3) is 5.89 Å². The highest BCUT2D eigenvalue weighted by atomic mass is 16.6. The summed E-state index contributed by atoms with van der Waals surface area (Å²) in [6, 6.07) is 17.5. The number of esters is 1. The highest BCUT2D eigenvalue weighted by Crippen LogP contribution is 2.24. The summed E-state index contributed by atoms with van der Waals surface area (Å²) in [5, 5.41) is 8.55. The summed E-state index contributed by atoms with van der Waals surface area (Å²) in [7, 11) is 0. The minimum absolute atomic E-state index is 0.177. The second-order valence-electron chi connectivity index (χ2n) is 5.95. The molecular formula is C20H15N3O4. The highest BCUT2D eigenvalue weighted by Gasteiger charge is 2.21. The lowest BCUT2D eigenvalue weighted by molar-refractivity contribution is 0.0282. The summed E-state index contributed by atoms with van der Waals surface area (Å²) < 4.78 is 11.1. The predicted octanol–water partition coefficient (Wildman–Crippen LogP) is 3.50. The molecule has 7 heteroatoms. The Morgan fingerprint density at radius 3 is 2.63 bits per heavy atom. The number of carbonyl (C=O) groups is 1. The molecule has 0 aliphatic rings. The quantitative estimate of drug-likeness (QED) is 0.559. The lowest BCUT2D eigenvalue weighted by Crippen LogP contribution is -2.14. The maximum absolute atomic E-state index is 12.6. The second kappa shape index (κ2) is 6.87. The molecule has 0 bridgehead atoms. The van der Waals surface area contributed by atoms with Gasteiger partial charge in [0.1, 0.15) is 0 Å². The third-order valence-electron chi connectivity index (χ3n) is 4.06. The minimum atomic E-state index is -0.763. The first-order chi connectivity index (χ1) is 13.1. The number of ether oxygens (including phenoxy) is 1. The van der Waals surface area contributed by atoms with Crippen LogP contribution in [0.1, 0.15) is 29.3 Å². The number of para-hydroxylation sites is 1. The van der Waals surface area contributed by atoms with Crippen molar-refractivity contribution in [3.63, 3.8) is 0 Å². The summed E-state index contributed by atoms with van der Waals surface area (Å²) in [6.07, 6.45) is -0.763. The van der Waals surface area contributed by atoms with E-state index in [1.165, 1.54) is 6.07 Å². The lowest BCUT2D eigenvalue weighted by atomic mass is 10.1. The Balaban J connectivity index is 1.59. The van der Waals surface area contributed by atoms with Crippen LogP contribution in [-0.2, 0) is 4.74 Å². The number of nitrogens with zero attached hydrogens (tertiary/aromatic N) is 2. The minimum Gasteiger partial charge on any atom is -0.449 e. The molecule has 0 saturated carbocycles. The van der Waals surface area contributed by atoms with Gasteiger partial charge in [0.15, 0.2) is 6.10 Å². The van der Waals surface area contributed by atoms with E-state index in [1.54, 1.807) is 31.2 Å². The molecule has 0 spiro atoms. The molecule has 0 aliphatic carbocycles. The molecule has 7 nitrogen and oxygen atoms in total. The molecule has 0 radical (unpaired) electrons. The smallest absolute Gasteiger partial charge is 0.339 e. The number of aromatic nitrogens is 3. The van der Waals surface area contributed by atoms with Crippen molar-refractivity contribution in [1.82, 2.24) is 15.2 Å². The maximum atomic E-state index is 12.6. The van der Waals surface area contributed by atoms with E-state index in [4.69, 9.17) is 9.15 Å². The Morgan fingerprint density at radius 2 is 1.81 bits per heavy atom. The van der Waals surface area contributed by atoms with Gasteiger partial charge < -0.3 is 14.1 Å². The van der Waals surface area contributed by atoms with Crippen LogP contribution in [0.3, 0.4) is 0 Å². The van der Waals surface area contributed by atoms with Gasteiger partial charge >= 0.3 is 5.97 Å². The Kier molecular flexibility index (Phi) is 4.25. The molecule has 1 unspecified atom stereocenters. The van der Waals surface area contributed by atoms with Gasteiger partial charge in [-0.05, 0) is 25.1 Å². The summed E-state index contributed by atoms with van der Waals surface area (Å²) in [5.74, 6) is -0.115. The van der Waals surface area contributed by atoms with Gasteiger partial charge in [-0.25, -0.2) is 4.79 Å². The van der Waals surface area contributed by atoms with Gasteiger partial charge in [0.2, 0.25) is 11.4 Å². The largest absolute Gasteiger partial charge is 0.449 e. The molecule has 4 aromatic rings. The van der Waals surface area contributed by atoms with Crippen molar-refractivity contribution >= 4 is 16.9 Å². The average Bonchev–Trinajstić information content (AvgIpc) is 3.18. The average molecular weight is 361 g/mol. The Hall–Kier alpha value is -3.74. The summed E-state index contributed by atoms with van der Waals surface area (Å²) in [5.41, 5.74) is 1.14. The number of carbonyl (C=O) groups excluding carboxylic acids is 1. The van der Waals surface area contributed by atoms with Crippen molar-refractivity contribution in [2.75, 3.05) is 0 Å². The molecular weight excluding hydrogens is 346 g/mol. The SMILES string of the molecule is CC(OC(=O)c1cc(=O)[nH]c2ccccc12)c1nnc(-c2ccccc2)o1. The van der Waals surface area contributed by atoms with E-state index in [0.717, 1.165) is 5.56 Å². The second-order valence-corrected chi connectivity index (χ2v) is 5.95. The molecule has 0 saturated heterocycles. The van der Waals surface area contributed by atoms with E-state index in [0.29, 0.717) is 16.8 Å². The first-order valence-electron chi connectivity index (χ1n) is 8.33. The third kappa shape index (κ3) is 3.35. The topological polar surface area (TPSA) is 98.1 Å². The third-order valence-corrected chi connectivity index (χ3v) is 4.06. The normalized spacial score (nSPS) is 12.0. The first-order valence-corrected chi connectivity index (χ1v) is 8.33. The maximum Gasteiger partial charge on any atom is 0.339 e. The number of hydrogen-bond acceptors (Lipinski definition) is 6. The molecule has 1 N–H and O–H groups in total. The number of benzene rings is 2. The molecule has 2 aromatic carbocycles. The van der Waals surface area contributed by atoms with Crippen LogP contribution in [0.15, 0.2) is 69.9 Å².